The zero-order chi connectivity index (χ0) is 12.3. The highest BCUT2D eigenvalue weighted by Crippen LogP contribution is 2.24. The van der Waals surface area contributed by atoms with E-state index in [1.54, 1.807) is 20.1 Å². The second-order valence-electron chi connectivity index (χ2n) is 3.58. The maximum absolute atomic E-state index is 8.65. The summed E-state index contributed by atoms with van der Waals surface area (Å²) in [6.45, 7) is 1.68. The predicted molar refractivity (Wildman–Crippen MR) is 64.7 cm³/mol. The molecule has 88 valence electrons. The molecule has 4 heteroatoms. The number of rotatable bonds is 3. The van der Waals surface area contributed by atoms with E-state index in [-0.39, 0.29) is 0 Å². The van der Waals surface area contributed by atoms with Gasteiger partial charge in [0.05, 0.1) is 7.11 Å². The Bertz CT molecular complexity index is 526. The summed E-state index contributed by atoms with van der Waals surface area (Å²) in [5, 5.41) is 11.7. The van der Waals surface area contributed by atoms with Gasteiger partial charge in [0.25, 0.3) is 0 Å². The maximum Gasteiger partial charge on any atom is 0.152 e. The lowest BCUT2D eigenvalue weighted by Gasteiger charge is -2.00. The topological polar surface area (TPSA) is 55.0 Å². The van der Waals surface area contributed by atoms with Gasteiger partial charge in [-0.15, -0.1) is 0 Å². The van der Waals surface area contributed by atoms with Gasteiger partial charge in [0.2, 0.25) is 0 Å². The van der Waals surface area contributed by atoms with E-state index in [2.05, 4.69) is 5.16 Å². The number of ether oxygens (including phenoxy) is 1. The van der Waals surface area contributed by atoms with Crippen LogP contribution in [0.4, 0.5) is 0 Å². The molecule has 0 aliphatic rings. The summed E-state index contributed by atoms with van der Waals surface area (Å²) in [6.07, 6.45) is 0. The highest BCUT2D eigenvalue weighted by Gasteiger charge is 2.07. The van der Waals surface area contributed by atoms with E-state index in [0.717, 1.165) is 17.1 Å². The zero-order valence-corrected chi connectivity index (χ0v) is 9.68. The molecule has 0 radical (unpaired) electrons. The Morgan fingerprint density at radius 2 is 1.88 bits per heavy atom. The van der Waals surface area contributed by atoms with Crippen molar-refractivity contribution in [2.75, 3.05) is 7.11 Å². The summed E-state index contributed by atoms with van der Waals surface area (Å²) in [5.41, 5.74) is 1.40. The molecule has 1 N–H and O–H groups in total. The van der Waals surface area contributed by atoms with Gasteiger partial charge >= 0.3 is 0 Å². The van der Waals surface area contributed by atoms with Gasteiger partial charge in [-0.3, -0.25) is 0 Å². The fourth-order valence-electron chi connectivity index (χ4n) is 1.49. The van der Waals surface area contributed by atoms with E-state index in [1.165, 1.54) is 0 Å². The van der Waals surface area contributed by atoms with Crippen LogP contribution in [-0.2, 0) is 0 Å². The molecule has 0 spiro atoms. The van der Waals surface area contributed by atoms with Crippen LogP contribution in [-0.4, -0.2) is 18.0 Å². The molecule has 1 aromatic carbocycles. The Morgan fingerprint density at radius 1 is 1.18 bits per heavy atom. The summed E-state index contributed by atoms with van der Waals surface area (Å²) >= 11 is 0. The van der Waals surface area contributed by atoms with Crippen molar-refractivity contribution in [1.82, 2.24) is 0 Å². The van der Waals surface area contributed by atoms with Crippen LogP contribution in [0.3, 0.4) is 0 Å². The number of benzene rings is 1. The highest BCUT2D eigenvalue weighted by atomic mass is 16.5. The molecule has 2 rings (SSSR count). The maximum atomic E-state index is 8.65. The number of methoxy groups -OCH3 is 1. The minimum absolute atomic E-state index is 0.449. The Morgan fingerprint density at radius 3 is 2.47 bits per heavy atom. The first-order valence-electron chi connectivity index (χ1n) is 5.18. The van der Waals surface area contributed by atoms with Gasteiger partial charge in [-0.1, -0.05) is 5.16 Å². The van der Waals surface area contributed by atoms with Crippen molar-refractivity contribution >= 4 is 5.71 Å². The molecule has 0 fully saturated rings. The lowest BCUT2D eigenvalue weighted by atomic mass is 10.2. The van der Waals surface area contributed by atoms with Crippen molar-refractivity contribution < 1.29 is 14.4 Å². The van der Waals surface area contributed by atoms with Crippen molar-refractivity contribution in [3.8, 4) is 17.1 Å². The normalized spacial score (nSPS) is 11.5. The largest absolute Gasteiger partial charge is 0.497 e. The zero-order valence-electron chi connectivity index (χ0n) is 9.68. The van der Waals surface area contributed by atoms with E-state index >= 15 is 0 Å². The molecule has 0 unspecified atom stereocenters. The average molecular weight is 231 g/mol. The number of hydrogen-bond acceptors (Lipinski definition) is 4. The number of furan rings is 1. The standard InChI is InChI=1S/C13H13NO3/c1-9(14-15)12-7-8-13(17-12)10-3-5-11(16-2)6-4-10/h3-8,15H,1-2H3/b14-9+. The average Bonchev–Trinajstić information content (AvgIpc) is 2.87. The van der Waals surface area contributed by atoms with E-state index < -0.39 is 0 Å². The third kappa shape index (κ3) is 2.30. The van der Waals surface area contributed by atoms with Gasteiger partial charge in [-0.2, -0.15) is 0 Å². The molecule has 0 aliphatic carbocycles. The van der Waals surface area contributed by atoms with Gasteiger partial charge in [0.15, 0.2) is 5.76 Å². The number of nitrogens with zero attached hydrogens (tertiary/aromatic N) is 1. The predicted octanol–water partition coefficient (Wildman–Crippen LogP) is 3.15. The van der Waals surface area contributed by atoms with Crippen LogP contribution in [0, 0.1) is 0 Å². The van der Waals surface area contributed by atoms with Crippen LogP contribution >= 0.6 is 0 Å². The Labute approximate surface area is 99.1 Å². The molecule has 0 aliphatic heterocycles. The van der Waals surface area contributed by atoms with Crippen LogP contribution in [0.1, 0.15) is 12.7 Å². The Balaban J connectivity index is 2.30. The molecule has 1 heterocycles. The Kier molecular flexibility index (Phi) is 3.14. The molecular weight excluding hydrogens is 218 g/mol. The van der Waals surface area contributed by atoms with Crippen LogP contribution in [0.15, 0.2) is 46.0 Å². The van der Waals surface area contributed by atoms with Gasteiger partial charge < -0.3 is 14.4 Å². The molecule has 0 atom stereocenters. The molecule has 1 aromatic heterocycles. The van der Waals surface area contributed by atoms with Gasteiger partial charge in [-0.05, 0) is 43.3 Å². The van der Waals surface area contributed by atoms with Crippen LogP contribution < -0.4 is 4.74 Å². The molecule has 4 nitrogen and oxygen atoms in total. The molecule has 0 amide bonds. The SMILES string of the molecule is COc1ccc(-c2ccc(/C(C)=N/O)o2)cc1. The van der Waals surface area contributed by atoms with Crippen molar-refractivity contribution in [3.63, 3.8) is 0 Å². The van der Waals surface area contributed by atoms with Crippen molar-refractivity contribution in [3.05, 3.63) is 42.2 Å². The first kappa shape index (κ1) is 11.3. The quantitative estimate of drug-likeness (QED) is 0.501. The Hall–Kier alpha value is -2.23. The van der Waals surface area contributed by atoms with Crippen LogP contribution in [0.25, 0.3) is 11.3 Å². The minimum Gasteiger partial charge on any atom is -0.497 e. The molecule has 0 bridgehead atoms. The summed E-state index contributed by atoms with van der Waals surface area (Å²) in [5.74, 6) is 2.08. The second-order valence-corrected chi connectivity index (χ2v) is 3.58. The van der Waals surface area contributed by atoms with E-state index in [9.17, 15) is 0 Å². The van der Waals surface area contributed by atoms with E-state index in [0.29, 0.717) is 11.5 Å². The fourth-order valence-corrected chi connectivity index (χ4v) is 1.49. The summed E-state index contributed by atoms with van der Waals surface area (Å²) in [7, 11) is 1.63. The van der Waals surface area contributed by atoms with Gasteiger partial charge in [0.1, 0.15) is 17.2 Å². The lowest BCUT2D eigenvalue weighted by molar-refractivity contribution is 0.317. The smallest absolute Gasteiger partial charge is 0.152 e. The molecular formula is C13H13NO3. The molecule has 0 saturated heterocycles. The fraction of sp³-hybridized carbons (Fsp3) is 0.154. The summed E-state index contributed by atoms with van der Waals surface area (Å²) < 4.78 is 10.6. The van der Waals surface area contributed by atoms with E-state index in [4.69, 9.17) is 14.4 Å². The third-order valence-electron chi connectivity index (χ3n) is 2.49. The number of hydrogen-bond donors (Lipinski definition) is 1. The first-order chi connectivity index (χ1) is 8.24. The first-order valence-corrected chi connectivity index (χ1v) is 5.18. The van der Waals surface area contributed by atoms with E-state index in [1.807, 2.05) is 30.3 Å². The second kappa shape index (κ2) is 4.74. The van der Waals surface area contributed by atoms with Crippen LogP contribution in [0.5, 0.6) is 5.75 Å². The molecule has 17 heavy (non-hydrogen) atoms. The lowest BCUT2D eigenvalue weighted by Crippen LogP contribution is -1.89. The van der Waals surface area contributed by atoms with Crippen molar-refractivity contribution in [1.29, 1.82) is 0 Å². The minimum atomic E-state index is 0.449. The van der Waals surface area contributed by atoms with Crippen molar-refractivity contribution in [2.45, 2.75) is 6.92 Å². The van der Waals surface area contributed by atoms with Gasteiger partial charge in [-0.25, -0.2) is 0 Å². The molecule has 0 saturated carbocycles. The summed E-state index contributed by atoms with van der Waals surface area (Å²) in [4.78, 5) is 0. The summed E-state index contributed by atoms with van der Waals surface area (Å²) in [6, 6.07) is 11.2. The van der Waals surface area contributed by atoms with Crippen LogP contribution in [0.2, 0.25) is 0 Å². The molecule has 2 aromatic rings. The highest BCUT2D eigenvalue weighted by molar-refractivity contribution is 5.96. The van der Waals surface area contributed by atoms with Crippen molar-refractivity contribution in [2.24, 2.45) is 5.16 Å². The monoisotopic (exact) mass is 231 g/mol. The van der Waals surface area contributed by atoms with Gasteiger partial charge in [0, 0.05) is 5.56 Å². The third-order valence-corrected chi connectivity index (χ3v) is 2.49. The number of oxime groups is 1.